The Hall–Kier alpha value is -2.71. The number of hydrogen-bond acceptors (Lipinski definition) is 5. The fraction of sp³-hybridized carbons (Fsp3) is 0.462. The van der Waals surface area contributed by atoms with Crippen LogP contribution in [0.2, 0.25) is 0 Å². The number of ether oxygens (including phenoxy) is 2. The summed E-state index contributed by atoms with van der Waals surface area (Å²) in [5, 5.41) is -1.55. The molecule has 3 aliphatic rings. The Balaban J connectivity index is 1.68. The van der Waals surface area contributed by atoms with Crippen LogP contribution in [0.15, 0.2) is 41.7 Å². The Morgan fingerprint density at radius 2 is 2.03 bits per heavy atom. The Labute approximate surface area is 198 Å². The van der Waals surface area contributed by atoms with Crippen molar-refractivity contribution in [2.75, 3.05) is 7.11 Å². The van der Waals surface area contributed by atoms with Gasteiger partial charge in [0.15, 0.2) is 0 Å². The topological polar surface area (TPSA) is 69.7 Å². The van der Waals surface area contributed by atoms with Gasteiger partial charge in [-0.3, -0.25) is 4.98 Å². The van der Waals surface area contributed by atoms with E-state index in [1.165, 1.54) is 5.56 Å². The second-order valence-corrected chi connectivity index (χ2v) is 9.72. The number of rotatable bonds is 2. The molecule has 1 fully saturated rings. The van der Waals surface area contributed by atoms with Crippen molar-refractivity contribution in [1.29, 1.82) is 0 Å². The minimum atomic E-state index is -1.55. The molecule has 164 valence electrons. The van der Waals surface area contributed by atoms with Crippen LogP contribution in [0.25, 0.3) is 11.1 Å². The molecule has 33 heavy (non-hydrogen) atoms. The Kier molecular flexibility index (Phi) is 5.14. The number of aromatic nitrogens is 1. The summed E-state index contributed by atoms with van der Waals surface area (Å²) in [6, 6.07) is 8.49. The molecule has 2 spiro atoms. The highest BCUT2D eigenvalue weighted by molar-refractivity contribution is 6.41. The molecule has 0 bridgehead atoms. The number of nitrogens with two attached hydrogens (primary N) is 1. The van der Waals surface area contributed by atoms with Crippen LogP contribution in [-0.2, 0) is 21.4 Å². The Morgan fingerprint density at radius 3 is 2.70 bits per heavy atom. The van der Waals surface area contributed by atoms with Gasteiger partial charge in [0.2, 0.25) is 0 Å². The van der Waals surface area contributed by atoms with Gasteiger partial charge in [-0.1, -0.05) is 25.0 Å². The van der Waals surface area contributed by atoms with Crippen LogP contribution < -0.4 is 5.73 Å². The molecule has 2 N–H and O–H groups in total. The van der Waals surface area contributed by atoms with Crippen molar-refractivity contribution in [2.45, 2.75) is 56.6 Å². The van der Waals surface area contributed by atoms with Crippen molar-refractivity contribution in [1.82, 2.24) is 4.98 Å². The smallest absolute Gasteiger partial charge is 0.281 e. The molecule has 5 nitrogen and oxygen atoms in total. The van der Waals surface area contributed by atoms with Crippen LogP contribution >= 0.6 is 0 Å². The molecule has 1 aromatic heterocycles. The van der Waals surface area contributed by atoms with Gasteiger partial charge >= 0.3 is 0 Å². The average molecular weight is 435 g/mol. The molecule has 0 amide bonds. The maximum Gasteiger partial charge on any atom is 0.281 e. The lowest BCUT2D eigenvalue weighted by Crippen LogP contribution is -2.60. The number of aliphatic imine (C=N–C) groups is 1. The van der Waals surface area contributed by atoms with E-state index in [0.29, 0.717) is 5.92 Å². The molecule has 5 rings (SSSR count). The van der Waals surface area contributed by atoms with E-state index in [1.807, 2.05) is 19.2 Å². The second-order valence-electron chi connectivity index (χ2n) is 9.72. The molecule has 1 aromatic carbocycles. The van der Waals surface area contributed by atoms with Crippen molar-refractivity contribution in [3.8, 4) is 23.0 Å². The molecule has 0 saturated heterocycles. The molecule has 4 atom stereocenters. The van der Waals surface area contributed by atoms with Crippen molar-refractivity contribution in [3.63, 3.8) is 0 Å². The van der Waals surface area contributed by atoms with E-state index in [-0.39, 0.29) is 17.5 Å². The Bertz CT molecular complexity index is 1200. The third kappa shape index (κ3) is 3.14. The summed E-state index contributed by atoms with van der Waals surface area (Å²) in [5.41, 5.74) is 9.86. The first-order valence-corrected chi connectivity index (χ1v) is 11.4. The predicted molar refractivity (Wildman–Crippen MR) is 131 cm³/mol. The number of benzene rings is 1. The molecule has 1 aliphatic heterocycles. The summed E-state index contributed by atoms with van der Waals surface area (Å²) in [6.07, 6.45) is 7.28. The highest BCUT2D eigenvalue weighted by Gasteiger charge is 2.68. The van der Waals surface area contributed by atoms with Gasteiger partial charge in [-0.05, 0) is 67.3 Å². The first kappa shape index (κ1) is 22.1. The Morgan fingerprint density at radius 1 is 1.21 bits per heavy atom. The highest BCUT2D eigenvalue weighted by atomic mass is 16.5. The molecule has 2 aliphatic carbocycles. The van der Waals surface area contributed by atoms with Crippen LogP contribution in [0.4, 0.5) is 0 Å². The van der Waals surface area contributed by atoms with E-state index in [1.54, 1.807) is 13.3 Å². The van der Waals surface area contributed by atoms with Crippen LogP contribution in [-0.4, -0.2) is 45.3 Å². The van der Waals surface area contributed by atoms with Gasteiger partial charge in [0.1, 0.15) is 21.2 Å². The van der Waals surface area contributed by atoms with Gasteiger partial charge in [-0.25, -0.2) is 4.99 Å². The van der Waals surface area contributed by atoms with E-state index in [9.17, 15) is 0 Å². The van der Waals surface area contributed by atoms with Gasteiger partial charge in [0, 0.05) is 36.0 Å². The van der Waals surface area contributed by atoms with Crippen molar-refractivity contribution >= 4 is 21.7 Å². The molecule has 2 aromatic rings. The molecular formula is C26H27B2N3O2. The van der Waals surface area contributed by atoms with Gasteiger partial charge in [0.25, 0.3) is 6.02 Å². The minimum Gasteiger partial charge on any atom is -0.476 e. The molecule has 7 heteroatoms. The van der Waals surface area contributed by atoms with Crippen molar-refractivity contribution in [3.05, 3.63) is 53.3 Å². The first-order valence-electron chi connectivity index (χ1n) is 11.4. The molecular weight excluding hydrogens is 408 g/mol. The summed E-state index contributed by atoms with van der Waals surface area (Å²) < 4.78 is 11.5. The van der Waals surface area contributed by atoms with E-state index >= 15 is 0 Å². The van der Waals surface area contributed by atoms with E-state index in [0.717, 1.165) is 47.9 Å². The number of methoxy groups -OCH3 is 1. The number of fused-ring (bicyclic) bond motifs is 3. The van der Waals surface area contributed by atoms with E-state index < -0.39 is 10.9 Å². The second kappa shape index (κ2) is 7.67. The zero-order chi connectivity index (χ0) is 23.4. The number of pyridine rings is 1. The summed E-state index contributed by atoms with van der Waals surface area (Å²) in [4.78, 5) is 9.28. The minimum absolute atomic E-state index is 0.0426. The third-order valence-corrected chi connectivity index (χ3v) is 7.81. The molecule has 0 unspecified atom stereocenters. The summed E-state index contributed by atoms with van der Waals surface area (Å²) in [7, 11) is 15.2. The zero-order valence-electron chi connectivity index (χ0n) is 19.4. The summed E-state index contributed by atoms with van der Waals surface area (Å²) in [6.45, 7) is 4.04. The summed E-state index contributed by atoms with van der Waals surface area (Å²) in [5.74, 6) is 6.33. The number of amidine groups is 1. The average Bonchev–Trinajstić information content (AvgIpc) is 3.18. The lowest BCUT2D eigenvalue weighted by molar-refractivity contribution is -0.0559. The molecule has 1 saturated carbocycles. The largest absolute Gasteiger partial charge is 0.476 e. The van der Waals surface area contributed by atoms with Crippen LogP contribution in [0, 0.1) is 23.2 Å². The SMILES string of the molecule is [B]C1([B])OC(N)=N[C@]12c1cc(-c3cncc(C#CC)c3)ccc1C[C@]21CC[C@@H](OC)[C@H](C)C1. The number of nitrogens with zero attached hydrogens (tertiary/aromatic N) is 2. The standard InChI is InChI=1S/C26H27B2N3O2/c1-4-5-17-10-20(15-30-14-17)18-6-7-19-13-24(9-8-22(32-3)16(2)12-24)25(21(19)11-18)26(27,28)33-23(29)31-25/h6-7,10-11,14-16,22H,8-9,12-13H2,1-3H3,(H2,29,31)/t16-,22-,24-,25+/m1/s1. The van der Waals surface area contributed by atoms with Crippen LogP contribution in [0.3, 0.4) is 0 Å². The van der Waals surface area contributed by atoms with Gasteiger partial charge in [-0.15, -0.1) is 5.92 Å². The third-order valence-electron chi connectivity index (χ3n) is 7.81. The first-order chi connectivity index (χ1) is 15.7. The fourth-order valence-corrected chi connectivity index (χ4v) is 6.55. The van der Waals surface area contributed by atoms with Gasteiger partial charge in [0.05, 0.1) is 11.5 Å². The van der Waals surface area contributed by atoms with E-state index in [4.69, 9.17) is 35.9 Å². The fourth-order valence-electron chi connectivity index (χ4n) is 6.55. The lowest BCUT2D eigenvalue weighted by atomic mass is 9.44. The maximum absolute atomic E-state index is 6.69. The van der Waals surface area contributed by atoms with Crippen molar-refractivity contribution in [2.24, 2.45) is 22.1 Å². The molecule has 4 radical (unpaired) electrons. The van der Waals surface area contributed by atoms with Gasteiger partial charge < -0.3 is 15.2 Å². The zero-order valence-corrected chi connectivity index (χ0v) is 19.4. The summed E-state index contributed by atoms with van der Waals surface area (Å²) >= 11 is 0. The van der Waals surface area contributed by atoms with Crippen LogP contribution in [0.1, 0.15) is 49.8 Å². The van der Waals surface area contributed by atoms with Gasteiger partial charge in [-0.2, -0.15) is 0 Å². The maximum atomic E-state index is 6.69. The predicted octanol–water partition coefficient (Wildman–Crippen LogP) is 3.03. The molecule has 2 heterocycles. The quantitative estimate of drug-likeness (QED) is 0.582. The van der Waals surface area contributed by atoms with E-state index in [2.05, 4.69) is 41.9 Å². The monoisotopic (exact) mass is 435 g/mol. The van der Waals surface area contributed by atoms with Crippen molar-refractivity contribution < 1.29 is 9.47 Å². The highest BCUT2D eigenvalue weighted by Crippen LogP contribution is 2.65. The normalized spacial score (nSPS) is 31.5. The number of hydrogen-bond donors (Lipinski definition) is 1. The lowest BCUT2D eigenvalue weighted by Gasteiger charge is -2.53. The van der Waals surface area contributed by atoms with Crippen LogP contribution in [0.5, 0.6) is 0 Å².